The summed E-state index contributed by atoms with van der Waals surface area (Å²) in [5.74, 6) is 2.63. The highest BCUT2D eigenvalue weighted by Gasteiger charge is 2.23. The third-order valence-electron chi connectivity index (χ3n) is 3.90. The monoisotopic (exact) mass is 244 g/mol. The van der Waals surface area contributed by atoms with Gasteiger partial charge in [-0.2, -0.15) is 0 Å². The zero-order valence-electron chi connectivity index (χ0n) is 11.4. The minimum absolute atomic E-state index is 0.448. The van der Waals surface area contributed by atoms with E-state index in [1.165, 1.54) is 35.1 Å². The fourth-order valence-corrected chi connectivity index (χ4v) is 3.08. The normalized spacial score (nSPS) is 15.1. The fraction of sp³-hybridized carbons (Fsp3) is 0.500. The molecule has 1 aromatic heterocycles. The summed E-state index contributed by atoms with van der Waals surface area (Å²) in [6.45, 7) is 4.41. The van der Waals surface area contributed by atoms with Crippen molar-refractivity contribution in [3.63, 3.8) is 0 Å². The Balaban J connectivity index is 2.35. The number of hydrogen-bond acceptors (Lipinski definition) is 2. The summed E-state index contributed by atoms with van der Waals surface area (Å²) < 4.78 is 11.6. The highest BCUT2D eigenvalue weighted by molar-refractivity contribution is 5.88. The smallest absolute Gasteiger partial charge is 0.135 e. The lowest BCUT2D eigenvalue weighted by Gasteiger charge is -2.07. The average Bonchev–Trinajstić information content (AvgIpc) is 2.59. The Kier molecular flexibility index (Phi) is 2.81. The summed E-state index contributed by atoms with van der Waals surface area (Å²) in [5, 5.41) is 1.33. The Morgan fingerprint density at radius 3 is 2.50 bits per heavy atom. The third kappa shape index (κ3) is 1.63. The summed E-state index contributed by atoms with van der Waals surface area (Å²) in [7, 11) is 1.76. The van der Waals surface area contributed by atoms with Gasteiger partial charge in [-0.15, -0.1) is 0 Å². The second kappa shape index (κ2) is 4.34. The van der Waals surface area contributed by atoms with Crippen molar-refractivity contribution in [1.29, 1.82) is 0 Å². The van der Waals surface area contributed by atoms with Crippen LogP contribution in [0.4, 0.5) is 0 Å². The quantitative estimate of drug-likeness (QED) is 0.779. The van der Waals surface area contributed by atoms with Crippen LogP contribution in [-0.4, -0.2) is 7.11 Å². The molecule has 1 aliphatic carbocycles. The Labute approximate surface area is 108 Å². The lowest BCUT2D eigenvalue weighted by atomic mass is 9.99. The predicted molar refractivity (Wildman–Crippen MR) is 73.5 cm³/mol. The highest BCUT2D eigenvalue weighted by Crippen LogP contribution is 2.40. The van der Waals surface area contributed by atoms with Crippen molar-refractivity contribution in [2.24, 2.45) is 0 Å². The molecule has 96 valence electrons. The Hall–Kier alpha value is -1.44. The molecule has 1 aliphatic rings. The van der Waals surface area contributed by atoms with Crippen LogP contribution in [0.25, 0.3) is 11.0 Å². The largest absolute Gasteiger partial charge is 0.496 e. The molecule has 0 radical (unpaired) electrons. The van der Waals surface area contributed by atoms with Crippen LogP contribution in [0.1, 0.15) is 49.5 Å². The summed E-state index contributed by atoms with van der Waals surface area (Å²) in [4.78, 5) is 0. The Morgan fingerprint density at radius 1 is 1.11 bits per heavy atom. The minimum Gasteiger partial charge on any atom is -0.496 e. The van der Waals surface area contributed by atoms with Crippen LogP contribution >= 0.6 is 0 Å². The zero-order chi connectivity index (χ0) is 12.7. The van der Waals surface area contributed by atoms with Gasteiger partial charge in [0.25, 0.3) is 0 Å². The molecule has 0 bridgehead atoms. The van der Waals surface area contributed by atoms with Gasteiger partial charge < -0.3 is 9.15 Å². The molecule has 0 aliphatic heterocycles. The van der Waals surface area contributed by atoms with Crippen molar-refractivity contribution in [3.05, 3.63) is 29.0 Å². The van der Waals surface area contributed by atoms with E-state index < -0.39 is 0 Å². The predicted octanol–water partition coefficient (Wildman–Crippen LogP) is 4.44. The maximum atomic E-state index is 6.07. The first-order valence-corrected chi connectivity index (χ1v) is 6.83. The molecule has 0 saturated heterocycles. The molecule has 1 heterocycles. The van der Waals surface area contributed by atoms with Gasteiger partial charge in [0.15, 0.2) is 0 Å². The van der Waals surface area contributed by atoms with Gasteiger partial charge in [0.05, 0.1) is 7.11 Å². The van der Waals surface area contributed by atoms with Gasteiger partial charge in [-0.1, -0.05) is 13.8 Å². The molecule has 1 aromatic carbocycles. The first-order valence-electron chi connectivity index (χ1n) is 6.83. The van der Waals surface area contributed by atoms with Crippen molar-refractivity contribution < 1.29 is 9.15 Å². The van der Waals surface area contributed by atoms with E-state index in [9.17, 15) is 0 Å². The topological polar surface area (TPSA) is 22.4 Å². The zero-order valence-corrected chi connectivity index (χ0v) is 11.4. The van der Waals surface area contributed by atoms with Crippen LogP contribution in [-0.2, 0) is 12.8 Å². The number of furan rings is 1. The summed E-state index contributed by atoms with van der Waals surface area (Å²) in [6.07, 6.45) is 4.72. The van der Waals surface area contributed by atoms with E-state index in [1.54, 1.807) is 7.11 Å². The van der Waals surface area contributed by atoms with Gasteiger partial charge in [-0.3, -0.25) is 0 Å². The first-order chi connectivity index (χ1) is 8.72. The molecular formula is C16H20O2. The van der Waals surface area contributed by atoms with E-state index in [0.717, 1.165) is 24.2 Å². The van der Waals surface area contributed by atoms with Gasteiger partial charge in [0, 0.05) is 22.4 Å². The van der Waals surface area contributed by atoms with Crippen LogP contribution in [0, 0.1) is 0 Å². The van der Waals surface area contributed by atoms with Crippen LogP contribution in [0.5, 0.6) is 5.75 Å². The number of aryl methyl sites for hydroxylation is 2. The lowest BCUT2D eigenvalue weighted by Crippen LogP contribution is -1.92. The van der Waals surface area contributed by atoms with Crippen LogP contribution in [0.15, 0.2) is 16.5 Å². The SMILES string of the molecule is COc1ccc2oc(C(C)C)c3c2c1CCCC3. The molecule has 3 rings (SSSR count). The van der Waals surface area contributed by atoms with Gasteiger partial charge in [0.2, 0.25) is 0 Å². The van der Waals surface area contributed by atoms with E-state index in [1.807, 2.05) is 6.07 Å². The molecule has 0 N–H and O–H groups in total. The lowest BCUT2D eigenvalue weighted by molar-refractivity contribution is 0.409. The third-order valence-corrected chi connectivity index (χ3v) is 3.90. The number of rotatable bonds is 2. The number of methoxy groups -OCH3 is 1. The molecule has 0 atom stereocenters. The molecular weight excluding hydrogens is 224 g/mol. The van der Waals surface area contributed by atoms with E-state index in [0.29, 0.717) is 5.92 Å². The van der Waals surface area contributed by atoms with Gasteiger partial charge in [-0.25, -0.2) is 0 Å². The Morgan fingerprint density at radius 2 is 1.83 bits per heavy atom. The van der Waals surface area contributed by atoms with E-state index in [4.69, 9.17) is 9.15 Å². The second-order valence-corrected chi connectivity index (χ2v) is 5.43. The Bertz CT molecular complexity index is 578. The summed E-state index contributed by atoms with van der Waals surface area (Å²) in [6, 6.07) is 4.10. The number of ether oxygens (including phenoxy) is 1. The van der Waals surface area contributed by atoms with Gasteiger partial charge >= 0.3 is 0 Å². The second-order valence-electron chi connectivity index (χ2n) is 5.43. The molecule has 18 heavy (non-hydrogen) atoms. The van der Waals surface area contributed by atoms with Crippen molar-refractivity contribution in [3.8, 4) is 5.75 Å². The highest BCUT2D eigenvalue weighted by atomic mass is 16.5. The van der Waals surface area contributed by atoms with Crippen LogP contribution < -0.4 is 4.74 Å². The summed E-state index contributed by atoms with van der Waals surface area (Å²) >= 11 is 0. The molecule has 0 saturated carbocycles. The molecule has 0 amide bonds. The average molecular weight is 244 g/mol. The van der Waals surface area contributed by atoms with Crippen molar-refractivity contribution in [1.82, 2.24) is 0 Å². The maximum absolute atomic E-state index is 6.07. The van der Waals surface area contributed by atoms with Crippen LogP contribution in [0.2, 0.25) is 0 Å². The van der Waals surface area contributed by atoms with Gasteiger partial charge in [-0.05, 0) is 37.8 Å². The first kappa shape index (κ1) is 11.6. The van der Waals surface area contributed by atoms with E-state index in [-0.39, 0.29) is 0 Å². The molecule has 0 unspecified atom stereocenters. The van der Waals surface area contributed by atoms with Crippen molar-refractivity contribution >= 4 is 11.0 Å². The standard InChI is InChI=1S/C16H20O2/c1-10(2)16-12-7-5-4-6-11-13(17-3)8-9-14(18-16)15(11)12/h8-10H,4-7H2,1-3H3. The van der Waals surface area contributed by atoms with Crippen molar-refractivity contribution in [2.75, 3.05) is 7.11 Å². The summed E-state index contributed by atoms with van der Waals surface area (Å²) in [5.41, 5.74) is 3.80. The van der Waals surface area contributed by atoms with E-state index >= 15 is 0 Å². The molecule has 2 nitrogen and oxygen atoms in total. The molecule has 2 aromatic rings. The van der Waals surface area contributed by atoms with Gasteiger partial charge in [0.1, 0.15) is 17.1 Å². The van der Waals surface area contributed by atoms with E-state index in [2.05, 4.69) is 19.9 Å². The molecule has 2 heteroatoms. The van der Waals surface area contributed by atoms with Crippen LogP contribution in [0.3, 0.4) is 0 Å². The fourth-order valence-electron chi connectivity index (χ4n) is 3.08. The molecule has 0 fully saturated rings. The molecule has 0 spiro atoms. The number of hydrogen-bond donors (Lipinski definition) is 0. The van der Waals surface area contributed by atoms with Crippen molar-refractivity contribution in [2.45, 2.75) is 45.4 Å². The maximum Gasteiger partial charge on any atom is 0.135 e. The number of benzene rings is 1. The minimum atomic E-state index is 0.448.